The number of para-hydroxylation sites is 4. The summed E-state index contributed by atoms with van der Waals surface area (Å²) >= 11 is 0. The molecule has 0 radical (unpaired) electrons. The molecule has 1 aliphatic rings. The van der Waals surface area contributed by atoms with E-state index in [1.165, 1.54) is 27.7 Å². The molecule has 0 unspecified atom stereocenters. The molecule has 4 aromatic rings. The third-order valence-electron chi connectivity index (χ3n) is 7.92. The van der Waals surface area contributed by atoms with Gasteiger partial charge in [-0.05, 0) is 72.2 Å². The molecular formula is C40H40O8. The van der Waals surface area contributed by atoms with Crippen LogP contribution in [0, 0.1) is 0 Å². The van der Waals surface area contributed by atoms with E-state index in [0.29, 0.717) is 48.7 Å². The van der Waals surface area contributed by atoms with Crippen LogP contribution < -0.4 is 18.9 Å². The van der Waals surface area contributed by atoms with Gasteiger partial charge in [-0.2, -0.15) is 0 Å². The Kier molecular flexibility index (Phi) is 11.1. The molecule has 4 aromatic carbocycles. The van der Waals surface area contributed by atoms with Crippen molar-refractivity contribution < 1.29 is 38.1 Å². The smallest absolute Gasteiger partial charge is 0.167 e. The lowest BCUT2D eigenvalue weighted by Crippen LogP contribution is -2.14. The lowest BCUT2D eigenvalue weighted by atomic mass is 9.91. The number of ether oxygens (including phenoxy) is 4. The van der Waals surface area contributed by atoms with Crippen molar-refractivity contribution in [2.24, 2.45) is 0 Å². The zero-order valence-corrected chi connectivity index (χ0v) is 27.9. The van der Waals surface area contributed by atoms with Crippen molar-refractivity contribution in [3.63, 3.8) is 0 Å². The summed E-state index contributed by atoms with van der Waals surface area (Å²) in [6, 6.07) is 23.5. The predicted molar refractivity (Wildman–Crippen MR) is 182 cm³/mol. The third kappa shape index (κ3) is 8.56. The van der Waals surface area contributed by atoms with Gasteiger partial charge in [0.15, 0.2) is 23.1 Å². The molecule has 0 N–H and O–H groups in total. The maximum atomic E-state index is 12.1. The first-order valence-corrected chi connectivity index (χ1v) is 16.0. The SMILES string of the molecule is CC(=O)COc1c2cccc1Cc1cccc(c1OCC(C)=O)Cc1cccc(c1OCC(C)=O)Cc1cccc(c1OCC(C)=O)C2. The summed E-state index contributed by atoms with van der Waals surface area (Å²) in [5, 5.41) is 0. The van der Waals surface area contributed by atoms with Crippen molar-refractivity contribution in [3.8, 4) is 23.0 Å². The number of carbonyl (C=O) groups excluding carboxylic acids is 4. The van der Waals surface area contributed by atoms with Crippen LogP contribution >= 0.6 is 0 Å². The summed E-state index contributed by atoms with van der Waals surface area (Å²) in [6.45, 7) is 5.56. The van der Waals surface area contributed by atoms with Crippen LogP contribution in [0.3, 0.4) is 0 Å². The molecular weight excluding hydrogens is 608 g/mol. The summed E-state index contributed by atoms with van der Waals surface area (Å²) in [5.74, 6) is 1.94. The minimum atomic E-state index is -0.109. The Bertz CT molecular complexity index is 1500. The second-order valence-corrected chi connectivity index (χ2v) is 12.3. The highest BCUT2D eigenvalue weighted by atomic mass is 16.5. The number of hydrogen-bond acceptors (Lipinski definition) is 8. The molecule has 8 bridgehead atoms. The standard InChI is InChI=1S/C40H40O8/c1-25(41)21-45-37-29-9-5-10-30(37)18-32-12-7-14-34(39(32)47-23-27(3)43)20-36-16-8-15-35(40(36)48-24-28(4)44)19-33-13-6-11-31(17-29)38(33)46-22-26(2)42/h5-16H,17-24H2,1-4H3. The molecule has 0 atom stereocenters. The van der Waals surface area contributed by atoms with Gasteiger partial charge in [0.2, 0.25) is 0 Å². The fourth-order valence-electron chi connectivity index (χ4n) is 5.92. The summed E-state index contributed by atoms with van der Waals surface area (Å²) < 4.78 is 24.8. The minimum absolute atomic E-state index is 0.0941. The first kappa shape index (κ1) is 34.1. The number of Topliss-reactive ketones (excluding diaryl/α,β-unsaturated/α-hetero) is 4. The van der Waals surface area contributed by atoms with Gasteiger partial charge in [-0.1, -0.05) is 72.8 Å². The Morgan fingerprint density at radius 2 is 0.542 bits per heavy atom. The highest BCUT2D eigenvalue weighted by Gasteiger charge is 2.22. The van der Waals surface area contributed by atoms with E-state index < -0.39 is 0 Å². The molecule has 0 aliphatic heterocycles. The van der Waals surface area contributed by atoms with Crippen LogP contribution in [0.15, 0.2) is 72.8 Å². The Morgan fingerprint density at radius 1 is 0.375 bits per heavy atom. The number of carbonyl (C=O) groups is 4. The maximum absolute atomic E-state index is 12.1. The van der Waals surface area contributed by atoms with Gasteiger partial charge in [-0.3, -0.25) is 19.2 Å². The summed E-state index contributed by atoms with van der Waals surface area (Å²) in [7, 11) is 0. The molecule has 1 aliphatic carbocycles. The molecule has 5 rings (SSSR count). The van der Waals surface area contributed by atoms with E-state index >= 15 is 0 Å². The number of rotatable bonds is 12. The molecule has 0 amide bonds. The molecule has 0 heterocycles. The summed E-state index contributed by atoms with van der Waals surface area (Å²) in [5.41, 5.74) is 6.78. The van der Waals surface area contributed by atoms with Gasteiger partial charge in [0, 0.05) is 25.7 Å². The van der Waals surface area contributed by atoms with Crippen molar-refractivity contribution in [2.75, 3.05) is 26.4 Å². The monoisotopic (exact) mass is 648 g/mol. The Balaban J connectivity index is 1.76. The molecule has 8 heteroatoms. The number of hydrogen-bond donors (Lipinski definition) is 0. The second-order valence-electron chi connectivity index (χ2n) is 12.3. The normalized spacial score (nSPS) is 12.1. The van der Waals surface area contributed by atoms with E-state index in [4.69, 9.17) is 18.9 Å². The molecule has 0 aromatic heterocycles. The summed E-state index contributed by atoms with van der Waals surface area (Å²) in [4.78, 5) is 48.4. The van der Waals surface area contributed by atoms with Crippen molar-refractivity contribution >= 4 is 23.1 Å². The van der Waals surface area contributed by atoms with E-state index in [9.17, 15) is 19.2 Å². The zero-order valence-electron chi connectivity index (χ0n) is 27.9. The van der Waals surface area contributed by atoms with Crippen LogP contribution in [-0.2, 0) is 44.9 Å². The molecule has 0 saturated heterocycles. The van der Waals surface area contributed by atoms with Gasteiger partial charge in [-0.15, -0.1) is 0 Å². The molecule has 0 fully saturated rings. The average Bonchev–Trinajstić information content (AvgIpc) is 3.02. The van der Waals surface area contributed by atoms with E-state index in [0.717, 1.165) is 44.5 Å². The van der Waals surface area contributed by atoms with Crippen LogP contribution in [0.1, 0.15) is 72.2 Å². The highest BCUT2D eigenvalue weighted by molar-refractivity contribution is 5.78. The van der Waals surface area contributed by atoms with E-state index in [1.807, 2.05) is 72.8 Å². The zero-order chi connectivity index (χ0) is 34.2. The fraction of sp³-hybridized carbons (Fsp3) is 0.300. The quantitative estimate of drug-likeness (QED) is 0.157. The summed E-state index contributed by atoms with van der Waals surface area (Å²) in [6.07, 6.45) is 1.63. The van der Waals surface area contributed by atoms with Gasteiger partial charge in [0.25, 0.3) is 0 Å². The number of ketones is 4. The average molecular weight is 649 g/mol. The van der Waals surface area contributed by atoms with Crippen LogP contribution in [0.4, 0.5) is 0 Å². The van der Waals surface area contributed by atoms with Gasteiger partial charge < -0.3 is 18.9 Å². The second kappa shape index (κ2) is 15.6. The van der Waals surface area contributed by atoms with Crippen LogP contribution in [0.5, 0.6) is 23.0 Å². The van der Waals surface area contributed by atoms with Crippen LogP contribution in [0.2, 0.25) is 0 Å². The molecule has 0 saturated carbocycles. The number of fused-ring (bicyclic) bond motifs is 8. The van der Waals surface area contributed by atoms with Gasteiger partial charge in [-0.25, -0.2) is 0 Å². The van der Waals surface area contributed by atoms with Gasteiger partial charge >= 0.3 is 0 Å². The lowest BCUT2D eigenvalue weighted by molar-refractivity contribution is -0.119. The van der Waals surface area contributed by atoms with Crippen LogP contribution in [-0.4, -0.2) is 49.6 Å². The first-order chi connectivity index (χ1) is 23.1. The molecule has 8 nitrogen and oxygen atoms in total. The Hall–Kier alpha value is -5.24. The number of benzene rings is 4. The topological polar surface area (TPSA) is 105 Å². The Labute approximate surface area is 281 Å². The van der Waals surface area contributed by atoms with E-state index in [2.05, 4.69) is 0 Å². The van der Waals surface area contributed by atoms with Gasteiger partial charge in [0.05, 0.1) is 0 Å². The van der Waals surface area contributed by atoms with Crippen molar-refractivity contribution in [2.45, 2.75) is 53.4 Å². The van der Waals surface area contributed by atoms with Crippen molar-refractivity contribution in [3.05, 3.63) is 117 Å². The predicted octanol–water partition coefficient (Wildman–Crippen LogP) is 6.23. The first-order valence-electron chi connectivity index (χ1n) is 16.0. The maximum Gasteiger partial charge on any atom is 0.167 e. The van der Waals surface area contributed by atoms with Crippen molar-refractivity contribution in [1.82, 2.24) is 0 Å². The largest absolute Gasteiger partial charge is 0.485 e. The van der Waals surface area contributed by atoms with Crippen molar-refractivity contribution in [1.29, 1.82) is 0 Å². The third-order valence-corrected chi connectivity index (χ3v) is 7.92. The molecule has 0 spiro atoms. The minimum Gasteiger partial charge on any atom is -0.485 e. The highest BCUT2D eigenvalue weighted by Crippen LogP contribution is 2.38. The molecule has 48 heavy (non-hydrogen) atoms. The van der Waals surface area contributed by atoms with Gasteiger partial charge in [0.1, 0.15) is 49.4 Å². The molecule has 248 valence electrons. The van der Waals surface area contributed by atoms with E-state index in [1.54, 1.807) is 0 Å². The van der Waals surface area contributed by atoms with Crippen LogP contribution in [0.25, 0.3) is 0 Å². The lowest BCUT2D eigenvalue weighted by Gasteiger charge is -2.22. The fourth-order valence-corrected chi connectivity index (χ4v) is 5.92. The van der Waals surface area contributed by atoms with E-state index in [-0.39, 0.29) is 49.6 Å². The Morgan fingerprint density at radius 3 is 0.688 bits per heavy atom.